The Labute approximate surface area is 112 Å². The van der Waals surface area contributed by atoms with Gasteiger partial charge in [-0.2, -0.15) is 0 Å². The van der Waals surface area contributed by atoms with Gasteiger partial charge in [-0.1, -0.05) is 15.9 Å². The van der Waals surface area contributed by atoms with E-state index in [4.69, 9.17) is 4.74 Å². The smallest absolute Gasteiger partial charge is 0.125 e. The molecule has 1 fully saturated rings. The van der Waals surface area contributed by atoms with Crippen molar-refractivity contribution in [3.63, 3.8) is 0 Å². The molecule has 0 spiro atoms. The molecule has 0 bridgehead atoms. The number of halogens is 1. The van der Waals surface area contributed by atoms with Crippen molar-refractivity contribution >= 4 is 15.9 Å². The second kappa shape index (κ2) is 5.40. The molecule has 1 N–H and O–H groups in total. The number of hydrogen-bond donors (Lipinski definition) is 1. The standard InChI is InChI=1S/C14H20BrNO/c1-9-6-13(15)10(2)12(14(9)17-3)7-11-4-5-16-8-11/h6,11,16H,4-5,7-8H2,1-3H3. The minimum absolute atomic E-state index is 0.747. The molecule has 0 aliphatic carbocycles. The first-order chi connectivity index (χ1) is 8.13. The third-order valence-electron chi connectivity index (χ3n) is 3.65. The fourth-order valence-corrected chi connectivity index (χ4v) is 3.21. The van der Waals surface area contributed by atoms with Gasteiger partial charge in [-0.05, 0) is 68.5 Å². The van der Waals surface area contributed by atoms with Crippen LogP contribution in [0.5, 0.6) is 5.75 Å². The zero-order valence-electron chi connectivity index (χ0n) is 10.8. The maximum Gasteiger partial charge on any atom is 0.125 e. The molecule has 3 heteroatoms. The highest BCUT2D eigenvalue weighted by atomic mass is 79.9. The predicted molar refractivity (Wildman–Crippen MR) is 74.8 cm³/mol. The average molecular weight is 298 g/mol. The van der Waals surface area contributed by atoms with Gasteiger partial charge in [0.15, 0.2) is 0 Å². The van der Waals surface area contributed by atoms with E-state index in [1.807, 2.05) is 0 Å². The van der Waals surface area contributed by atoms with E-state index in [0.717, 1.165) is 31.2 Å². The van der Waals surface area contributed by atoms with Gasteiger partial charge < -0.3 is 10.1 Å². The van der Waals surface area contributed by atoms with Gasteiger partial charge in [-0.25, -0.2) is 0 Å². The molecule has 0 aromatic heterocycles. The van der Waals surface area contributed by atoms with Gasteiger partial charge in [0.2, 0.25) is 0 Å². The lowest BCUT2D eigenvalue weighted by Gasteiger charge is -2.18. The molecule has 1 unspecified atom stereocenters. The number of hydrogen-bond acceptors (Lipinski definition) is 2. The largest absolute Gasteiger partial charge is 0.496 e. The van der Waals surface area contributed by atoms with Crippen LogP contribution in [-0.4, -0.2) is 20.2 Å². The third kappa shape index (κ3) is 2.66. The molecule has 0 saturated carbocycles. The van der Waals surface area contributed by atoms with Crippen molar-refractivity contribution in [1.82, 2.24) is 5.32 Å². The summed E-state index contributed by atoms with van der Waals surface area (Å²) in [6.07, 6.45) is 2.39. The summed E-state index contributed by atoms with van der Waals surface area (Å²) >= 11 is 3.64. The lowest BCUT2D eigenvalue weighted by atomic mass is 9.93. The lowest BCUT2D eigenvalue weighted by molar-refractivity contribution is 0.401. The summed E-state index contributed by atoms with van der Waals surface area (Å²) in [6, 6.07) is 2.14. The van der Waals surface area contributed by atoms with E-state index >= 15 is 0 Å². The summed E-state index contributed by atoms with van der Waals surface area (Å²) in [5, 5.41) is 3.43. The summed E-state index contributed by atoms with van der Waals surface area (Å²) in [5.41, 5.74) is 3.90. The molecule has 1 heterocycles. The molecule has 1 aliphatic heterocycles. The number of ether oxygens (including phenoxy) is 1. The Balaban J connectivity index is 2.35. The summed E-state index contributed by atoms with van der Waals surface area (Å²) < 4.78 is 6.77. The minimum Gasteiger partial charge on any atom is -0.496 e. The van der Waals surface area contributed by atoms with Crippen LogP contribution in [0.15, 0.2) is 10.5 Å². The average Bonchev–Trinajstić information content (AvgIpc) is 2.78. The summed E-state index contributed by atoms with van der Waals surface area (Å²) in [7, 11) is 1.77. The van der Waals surface area contributed by atoms with Crippen LogP contribution in [0, 0.1) is 19.8 Å². The van der Waals surface area contributed by atoms with Crippen LogP contribution in [0.2, 0.25) is 0 Å². The first kappa shape index (κ1) is 12.9. The fraction of sp³-hybridized carbons (Fsp3) is 0.571. The Morgan fingerprint density at radius 3 is 2.82 bits per heavy atom. The molecule has 17 heavy (non-hydrogen) atoms. The van der Waals surface area contributed by atoms with Crippen molar-refractivity contribution in [3.05, 3.63) is 27.2 Å². The maximum absolute atomic E-state index is 5.58. The number of nitrogens with one attached hydrogen (secondary N) is 1. The number of benzene rings is 1. The molecule has 1 aromatic rings. The third-order valence-corrected chi connectivity index (χ3v) is 4.47. The molecule has 0 amide bonds. The van der Waals surface area contributed by atoms with Crippen LogP contribution in [-0.2, 0) is 6.42 Å². The summed E-state index contributed by atoms with van der Waals surface area (Å²) in [5.74, 6) is 1.81. The van der Waals surface area contributed by atoms with Crippen LogP contribution < -0.4 is 10.1 Å². The number of rotatable bonds is 3. The lowest BCUT2D eigenvalue weighted by Crippen LogP contribution is -2.12. The minimum atomic E-state index is 0.747. The van der Waals surface area contributed by atoms with E-state index in [2.05, 4.69) is 41.2 Å². The second-order valence-corrected chi connectivity index (χ2v) is 5.73. The first-order valence-corrected chi connectivity index (χ1v) is 6.96. The normalized spacial score (nSPS) is 19.6. The van der Waals surface area contributed by atoms with Crippen LogP contribution in [0.1, 0.15) is 23.1 Å². The Morgan fingerprint density at radius 2 is 2.24 bits per heavy atom. The van der Waals surface area contributed by atoms with Crippen molar-refractivity contribution in [1.29, 1.82) is 0 Å². The molecule has 0 radical (unpaired) electrons. The topological polar surface area (TPSA) is 21.3 Å². The fourth-order valence-electron chi connectivity index (χ4n) is 2.62. The van der Waals surface area contributed by atoms with E-state index in [-0.39, 0.29) is 0 Å². The van der Waals surface area contributed by atoms with Gasteiger partial charge in [0.1, 0.15) is 5.75 Å². The van der Waals surface area contributed by atoms with E-state index in [1.165, 1.54) is 27.6 Å². The molecule has 94 valence electrons. The molecule has 1 saturated heterocycles. The SMILES string of the molecule is COc1c(C)cc(Br)c(C)c1CC1CCNC1. The molecule has 1 aromatic carbocycles. The van der Waals surface area contributed by atoms with Crippen molar-refractivity contribution in [2.24, 2.45) is 5.92 Å². The highest BCUT2D eigenvalue weighted by molar-refractivity contribution is 9.10. The second-order valence-electron chi connectivity index (χ2n) is 4.88. The van der Waals surface area contributed by atoms with Crippen molar-refractivity contribution < 1.29 is 4.74 Å². The van der Waals surface area contributed by atoms with E-state index in [0.29, 0.717) is 0 Å². The zero-order valence-corrected chi connectivity index (χ0v) is 12.4. The predicted octanol–water partition coefficient (Wildman–Crippen LogP) is 3.23. The monoisotopic (exact) mass is 297 g/mol. The number of aryl methyl sites for hydroxylation is 1. The molecule has 2 nitrogen and oxygen atoms in total. The van der Waals surface area contributed by atoms with Gasteiger partial charge in [-0.3, -0.25) is 0 Å². The van der Waals surface area contributed by atoms with Gasteiger partial charge in [0.25, 0.3) is 0 Å². The van der Waals surface area contributed by atoms with Crippen LogP contribution >= 0.6 is 15.9 Å². The van der Waals surface area contributed by atoms with Gasteiger partial charge in [0.05, 0.1) is 7.11 Å². The van der Waals surface area contributed by atoms with Crippen molar-refractivity contribution in [2.45, 2.75) is 26.7 Å². The Bertz CT molecular complexity index is 411. The van der Waals surface area contributed by atoms with E-state index < -0.39 is 0 Å². The Kier molecular flexibility index (Phi) is 4.10. The summed E-state index contributed by atoms with van der Waals surface area (Å²) in [4.78, 5) is 0. The van der Waals surface area contributed by atoms with Gasteiger partial charge in [0, 0.05) is 4.47 Å². The van der Waals surface area contributed by atoms with Crippen LogP contribution in [0.3, 0.4) is 0 Å². The van der Waals surface area contributed by atoms with E-state index in [9.17, 15) is 0 Å². The zero-order chi connectivity index (χ0) is 12.4. The Morgan fingerprint density at radius 1 is 1.47 bits per heavy atom. The highest BCUT2D eigenvalue weighted by Crippen LogP contribution is 2.34. The molecule has 1 aliphatic rings. The Hall–Kier alpha value is -0.540. The van der Waals surface area contributed by atoms with Crippen molar-refractivity contribution in [2.75, 3.05) is 20.2 Å². The maximum atomic E-state index is 5.58. The first-order valence-electron chi connectivity index (χ1n) is 6.16. The summed E-state index contributed by atoms with van der Waals surface area (Å²) in [6.45, 7) is 6.57. The van der Waals surface area contributed by atoms with Crippen molar-refractivity contribution in [3.8, 4) is 5.75 Å². The van der Waals surface area contributed by atoms with E-state index in [1.54, 1.807) is 7.11 Å². The van der Waals surface area contributed by atoms with Gasteiger partial charge >= 0.3 is 0 Å². The molecule has 2 rings (SSSR count). The highest BCUT2D eigenvalue weighted by Gasteiger charge is 2.20. The van der Waals surface area contributed by atoms with Crippen LogP contribution in [0.25, 0.3) is 0 Å². The number of methoxy groups -OCH3 is 1. The molecule has 1 atom stereocenters. The van der Waals surface area contributed by atoms with Crippen LogP contribution in [0.4, 0.5) is 0 Å². The molecular formula is C14H20BrNO. The molecular weight excluding hydrogens is 278 g/mol. The quantitative estimate of drug-likeness (QED) is 0.925. The van der Waals surface area contributed by atoms with Gasteiger partial charge in [-0.15, -0.1) is 0 Å².